The topological polar surface area (TPSA) is 95.0 Å². The highest BCUT2D eigenvalue weighted by Crippen LogP contribution is 2.19. The Morgan fingerprint density at radius 3 is 2.28 bits per heavy atom. The van der Waals surface area contributed by atoms with Gasteiger partial charge in [-0.1, -0.05) is 13.8 Å². The van der Waals surface area contributed by atoms with Crippen molar-refractivity contribution < 1.29 is 23.1 Å². The summed E-state index contributed by atoms with van der Waals surface area (Å²) in [5.41, 5.74) is 0.0419. The van der Waals surface area contributed by atoms with Crippen LogP contribution >= 0.6 is 0 Å². The Morgan fingerprint density at radius 1 is 1.08 bits per heavy atom. The lowest BCUT2D eigenvalue weighted by atomic mass is 10.1. The maximum Gasteiger partial charge on any atom is 0.335 e. The number of nitrogens with zero attached hydrogens (tertiary/aromatic N) is 2. The number of hydrogen-bond acceptors (Lipinski definition) is 4. The predicted octanol–water partition coefficient (Wildman–Crippen LogP) is 1.65. The Bertz CT molecular complexity index is 728. The van der Waals surface area contributed by atoms with E-state index in [9.17, 15) is 18.0 Å². The lowest BCUT2D eigenvalue weighted by Gasteiger charge is -2.22. The summed E-state index contributed by atoms with van der Waals surface area (Å²) < 4.78 is 26.9. The van der Waals surface area contributed by atoms with Crippen LogP contribution in [-0.4, -0.2) is 60.8 Å². The van der Waals surface area contributed by atoms with Gasteiger partial charge in [0, 0.05) is 32.6 Å². The molecule has 0 aromatic heterocycles. The zero-order valence-corrected chi connectivity index (χ0v) is 15.3. The second kappa shape index (κ2) is 7.97. The van der Waals surface area contributed by atoms with E-state index in [1.54, 1.807) is 4.90 Å². The number of carboxylic acid groups (broad SMARTS) is 1. The molecule has 1 aromatic carbocycles. The summed E-state index contributed by atoms with van der Waals surface area (Å²) in [6.07, 6.45) is 1.04. The van der Waals surface area contributed by atoms with Gasteiger partial charge in [-0.05, 0) is 36.6 Å². The number of carbonyl (C=O) groups is 2. The number of carbonyl (C=O) groups excluding carboxylic acids is 1. The Hall–Kier alpha value is -1.93. The summed E-state index contributed by atoms with van der Waals surface area (Å²) in [4.78, 5) is 24.9. The molecule has 0 saturated carbocycles. The summed E-state index contributed by atoms with van der Waals surface area (Å²) in [6.45, 7) is 5.47. The van der Waals surface area contributed by atoms with E-state index in [-0.39, 0.29) is 28.8 Å². The van der Waals surface area contributed by atoms with Crippen LogP contribution in [0.4, 0.5) is 0 Å². The summed E-state index contributed by atoms with van der Waals surface area (Å²) in [5.74, 6) is -0.776. The normalized spacial score (nSPS) is 16.7. The van der Waals surface area contributed by atoms with Crippen molar-refractivity contribution in [2.75, 3.05) is 26.2 Å². The highest BCUT2D eigenvalue weighted by Gasteiger charge is 2.28. The summed E-state index contributed by atoms with van der Waals surface area (Å²) in [5, 5.41) is 8.91. The van der Waals surface area contributed by atoms with Crippen molar-refractivity contribution >= 4 is 21.9 Å². The first-order valence-corrected chi connectivity index (χ1v) is 9.77. The SMILES string of the molecule is CC(C)CC(=O)N1CCCN(S(=O)(=O)c2ccc(C(=O)O)cc2)CC1. The smallest absolute Gasteiger partial charge is 0.335 e. The standard InChI is InChI=1S/C17H24N2O5S/c1-13(2)12-16(20)18-8-3-9-19(11-10-18)25(23,24)15-6-4-14(5-7-15)17(21)22/h4-7,13H,3,8-12H2,1-2H3,(H,21,22). The van der Waals surface area contributed by atoms with Crippen molar-refractivity contribution in [3.63, 3.8) is 0 Å². The van der Waals surface area contributed by atoms with Crippen LogP contribution in [0.3, 0.4) is 0 Å². The van der Waals surface area contributed by atoms with Crippen molar-refractivity contribution in [3.05, 3.63) is 29.8 Å². The molecule has 1 heterocycles. The lowest BCUT2D eigenvalue weighted by molar-refractivity contribution is -0.131. The quantitative estimate of drug-likeness (QED) is 0.853. The summed E-state index contributed by atoms with van der Waals surface area (Å²) in [6, 6.07) is 5.19. The van der Waals surface area contributed by atoms with E-state index in [0.29, 0.717) is 32.5 Å². The van der Waals surface area contributed by atoms with E-state index in [0.717, 1.165) is 0 Å². The number of carboxylic acids is 1. The molecule has 0 unspecified atom stereocenters. The monoisotopic (exact) mass is 368 g/mol. The molecule has 2 rings (SSSR count). The van der Waals surface area contributed by atoms with E-state index in [4.69, 9.17) is 5.11 Å². The van der Waals surface area contributed by atoms with Gasteiger partial charge in [0.15, 0.2) is 0 Å². The molecule has 25 heavy (non-hydrogen) atoms. The zero-order valence-electron chi connectivity index (χ0n) is 14.5. The van der Waals surface area contributed by atoms with Gasteiger partial charge in [-0.15, -0.1) is 0 Å². The van der Waals surface area contributed by atoms with Gasteiger partial charge in [0.05, 0.1) is 10.5 Å². The molecule has 1 amide bonds. The minimum absolute atomic E-state index is 0.0419. The van der Waals surface area contributed by atoms with Gasteiger partial charge in [0.1, 0.15) is 0 Å². The predicted molar refractivity (Wildman–Crippen MR) is 92.8 cm³/mol. The zero-order chi connectivity index (χ0) is 18.6. The third-order valence-electron chi connectivity index (χ3n) is 4.13. The third-order valence-corrected chi connectivity index (χ3v) is 6.04. The first kappa shape index (κ1) is 19.4. The van der Waals surface area contributed by atoms with E-state index >= 15 is 0 Å². The Labute approximate surface area is 148 Å². The molecule has 1 aromatic rings. The van der Waals surface area contributed by atoms with E-state index in [2.05, 4.69) is 0 Å². The van der Waals surface area contributed by atoms with E-state index in [1.807, 2.05) is 13.8 Å². The van der Waals surface area contributed by atoms with Crippen LogP contribution in [0.1, 0.15) is 37.0 Å². The van der Waals surface area contributed by atoms with Crippen molar-refractivity contribution in [1.29, 1.82) is 0 Å². The maximum absolute atomic E-state index is 12.8. The van der Waals surface area contributed by atoms with Crippen LogP contribution in [0.15, 0.2) is 29.2 Å². The Morgan fingerprint density at radius 2 is 1.72 bits per heavy atom. The number of aromatic carboxylic acids is 1. The number of amides is 1. The number of sulfonamides is 1. The van der Waals surface area contributed by atoms with E-state index < -0.39 is 16.0 Å². The molecule has 0 bridgehead atoms. The molecule has 0 radical (unpaired) electrons. The molecule has 0 atom stereocenters. The van der Waals surface area contributed by atoms with Crippen molar-refractivity contribution in [3.8, 4) is 0 Å². The fourth-order valence-corrected chi connectivity index (χ4v) is 4.25. The summed E-state index contributed by atoms with van der Waals surface area (Å²) in [7, 11) is -3.70. The van der Waals surface area contributed by atoms with Gasteiger partial charge in [-0.3, -0.25) is 4.79 Å². The molecule has 1 N–H and O–H groups in total. The molecule has 8 heteroatoms. The van der Waals surface area contributed by atoms with Crippen LogP contribution in [-0.2, 0) is 14.8 Å². The molecule has 0 spiro atoms. The highest BCUT2D eigenvalue weighted by molar-refractivity contribution is 7.89. The lowest BCUT2D eigenvalue weighted by Crippen LogP contribution is -2.37. The Kier molecular flexibility index (Phi) is 6.18. The number of hydrogen-bond donors (Lipinski definition) is 1. The van der Waals surface area contributed by atoms with Crippen molar-refractivity contribution in [1.82, 2.24) is 9.21 Å². The Balaban J connectivity index is 2.10. The van der Waals surface area contributed by atoms with Crippen LogP contribution in [0.2, 0.25) is 0 Å². The van der Waals surface area contributed by atoms with Crippen LogP contribution < -0.4 is 0 Å². The third kappa shape index (κ3) is 4.79. The van der Waals surface area contributed by atoms with Crippen LogP contribution in [0.25, 0.3) is 0 Å². The fourth-order valence-electron chi connectivity index (χ4n) is 2.78. The first-order chi connectivity index (χ1) is 11.7. The van der Waals surface area contributed by atoms with Crippen molar-refractivity contribution in [2.45, 2.75) is 31.6 Å². The molecule has 1 aliphatic rings. The highest BCUT2D eigenvalue weighted by atomic mass is 32.2. The molecule has 1 saturated heterocycles. The van der Waals surface area contributed by atoms with E-state index in [1.165, 1.54) is 28.6 Å². The second-order valence-electron chi connectivity index (χ2n) is 6.57. The molecule has 1 aliphatic heterocycles. The molecular formula is C17H24N2O5S. The second-order valence-corrected chi connectivity index (χ2v) is 8.50. The largest absolute Gasteiger partial charge is 0.478 e. The molecule has 1 fully saturated rings. The fraction of sp³-hybridized carbons (Fsp3) is 0.529. The minimum atomic E-state index is -3.70. The number of benzene rings is 1. The molecule has 7 nitrogen and oxygen atoms in total. The molecule has 138 valence electrons. The van der Waals surface area contributed by atoms with Gasteiger partial charge in [-0.2, -0.15) is 4.31 Å². The average Bonchev–Trinajstić information content (AvgIpc) is 2.81. The first-order valence-electron chi connectivity index (χ1n) is 8.33. The molecule has 0 aliphatic carbocycles. The summed E-state index contributed by atoms with van der Waals surface area (Å²) >= 11 is 0. The van der Waals surface area contributed by atoms with Gasteiger partial charge in [0.2, 0.25) is 15.9 Å². The van der Waals surface area contributed by atoms with Crippen molar-refractivity contribution in [2.24, 2.45) is 5.92 Å². The van der Waals surface area contributed by atoms with Crippen LogP contribution in [0.5, 0.6) is 0 Å². The minimum Gasteiger partial charge on any atom is -0.478 e. The van der Waals surface area contributed by atoms with Gasteiger partial charge >= 0.3 is 5.97 Å². The average molecular weight is 368 g/mol. The van der Waals surface area contributed by atoms with Gasteiger partial charge < -0.3 is 10.0 Å². The maximum atomic E-state index is 12.8. The number of rotatable bonds is 5. The van der Waals surface area contributed by atoms with Gasteiger partial charge in [-0.25, -0.2) is 13.2 Å². The van der Waals surface area contributed by atoms with Gasteiger partial charge in [0.25, 0.3) is 0 Å². The molecular weight excluding hydrogens is 344 g/mol. The van der Waals surface area contributed by atoms with Crippen LogP contribution in [0, 0.1) is 5.92 Å².